The number of benzene rings is 1. The van der Waals surface area contributed by atoms with Crippen LogP contribution in [0.4, 0.5) is 5.82 Å². The van der Waals surface area contributed by atoms with Gasteiger partial charge in [0.15, 0.2) is 6.29 Å². The van der Waals surface area contributed by atoms with E-state index in [0.717, 1.165) is 10.6 Å². The third-order valence-corrected chi connectivity index (χ3v) is 4.11. The molecule has 9 heteroatoms. The van der Waals surface area contributed by atoms with Crippen LogP contribution in [0.15, 0.2) is 29.1 Å². The van der Waals surface area contributed by atoms with Crippen LogP contribution in [0.5, 0.6) is 5.75 Å². The number of carbonyl (C=O) groups is 2. The van der Waals surface area contributed by atoms with Crippen molar-refractivity contribution in [1.29, 1.82) is 0 Å². The molecule has 1 aliphatic rings. The van der Waals surface area contributed by atoms with E-state index in [1.54, 1.807) is 18.2 Å². The monoisotopic (exact) mass is 359 g/mol. The molecule has 136 valence electrons. The molecule has 0 bridgehead atoms. The van der Waals surface area contributed by atoms with E-state index in [1.807, 2.05) is 0 Å². The summed E-state index contributed by atoms with van der Waals surface area (Å²) in [6.45, 7) is 0. The molecule has 0 spiro atoms. The van der Waals surface area contributed by atoms with E-state index in [1.165, 1.54) is 21.3 Å². The number of rotatable bonds is 5. The fourth-order valence-corrected chi connectivity index (χ4v) is 2.93. The summed E-state index contributed by atoms with van der Waals surface area (Å²) in [6, 6.07) is 5.94. The van der Waals surface area contributed by atoms with Gasteiger partial charge in [0.1, 0.15) is 11.6 Å². The number of hydrogen-bond acceptors (Lipinski definition) is 7. The molecular formula is C17H17N3O6. The van der Waals surface area contributed by atoms with E-state index in [4.69, 9.17) is 19.9 Å². The molecule has 1 aromatic heterocycles. The zero-order valence-electron chi connectivity index (χ0n) is 14.4. The summed E-state index contributed by atoms with van der Waals surface area (Å²) < 4.78 is 16.9. The number of imide groups is 1. The zero-order chi connectivity index (χ0) is 19.0. The maximum absolute atomic E-state index is 12.6. The minimum atomic E-state index is -0.810. The normalized spacial score (nSPS) is 13.1. The SMILES string of the molecule is COc1ccc(-n2c(N)c3c(cc2=O)C(=O)NC3=O)c(C(OC)OC)c1. The van der Waals surface area contributed by atoms with Crippen molar-refractivity contribution in [2.24, 2.45) is 0 Å². The van der Waals surface area contributed by atoms with E-state index in [0.29, 0.717) is 17.0 Å². The van der Waals surface area contributed by atoms with Crippen LogP contribution in [-0.2, 0) is 9.47 Å². The van der Waals surface area contributed by atoms with Crippen LogP contribution < -0.4 is 21.3 Å². The number of nitrogens with zero attached hydrogens (tertiary/aromatic N) is 1. The van der Waals surface area contributed by atoms with Crippen molar-refractivity contribution in [2.45, 2.75) is 6.29 Å². The van der Waals surface area contributed by atoms with Gasteiger partial charge in [0.25, 0.3) is 17.4 Å². The molecule has 2 amide bonds. The summed E-state index contributed by atoms with van der Waals surface area (Å²) in [6.07, 6.45) is -0.810. The Bertz CT molecular complexity index is 962. The molecular weight excluding hydrogens is 342 g/mol. The number of hydrogen-bond donors (Lipinski definition) is 2. The standard InChI is InChI=1S/C17H17N3O6/c1-24-8-4-5-11(9(6-8)17(25-2)26-3)20-12(21)7-10-13(14(20)18)16(23)19-15(10)22/h4-7,17H,18H2,1-3H3,(H,19,22,23). The predicted octanol–water partition coefficient (Wildman–Crippen LogP) is 0.603. The van der Waals surface area contributed by atoms with E-state index < -0.39 is 23.7 Å². The minimum absolute atomic E-state index is 0.0391. The Morgan fingerprint density at radius 1 is 1.04 bits per heavy atom. The fourth-order valence-electron chi connectivity index (χ4n) is 2.93. The first-order valence-corrected chi connectivity index (χ1v) is 7.58. The Labute approximate surface area is 148 Å². The van der Waals surface area contributed by atoms with Crippen molar-refractivity contribution in [2.75, 3.05) is 27.1 Å². The van der Waals surface area contributed by atoms with Crippen LogP contribution in [0, 0.1) is 0 Å². The number of nitrogens with one attached hydrogen (secondary N) is 1. The number of ether oxygens (including phenoxy) is 3. The van der Waals surface area contributed by atoms with Gasteiger partial charge in [0.2, 0.25) is 0 Å². The highest BCUT2D eigenvalue weighted by atomic mass is 16.7. The number of nitrogens with two attached hydrogens (primary N) is 1. The molecule has 1 aliphatic heterocycles. The number of anilines is 1. The number of amides is 2. The number of aromatic nitrogens is 1. The second-order valence-corrected chi connectivity index (χ2v) is 5.50. The molecule has 3 N–H and O–H groups in total. The molecule has 0 aliphatic carbocycles. The van der Waals surface area contributed by atoms with Gasteiger partial charge >= 0.3 is 0 Å². The first-order chi connectivity index (χ1) is 12.4. The van der Waals surface area contributed by atoms with Crippen LogP contribution in [0.2, 0.25) is 0 Å². The van der Waals surface area contributed by atoms with Crippen molar-refractivity contribution in [3.05, 3.63) is 51.3 Å². The van der Waals surface area contributed by atoms with Crippen LogP contribution in [0.3, 0.4) is 0 Å². The second-order valence-electron chi connectivity index (χ2n) is 5.50. The van der Waals surface area contributed by atoms with Crippen LogP contribution >= 0.6 is 0 Å². The molecule has 26 heavy (non-hydrogen) atoms. The van der Waals surface area contributed by atoms with Crippen molar-refractivity contribution >= 4 is 17.6 Å². The van der Waals surface area contributed by atoms with E-state index in [-0.39, 0.29) is 16.9 Å². The topological polar surface area (TPSA) is 122 Å². The lowest BCUT2D eigenvalue weighted by Crippen LogP contribution is -2.25. The van der Waals surface area contributed by atoms with Gasteiger partial charge < -0.3 is 19.9 Å². The van der Waals surface area contributed by atoms with Crippen molar-refractivity contribution in [3.63, 3.8) is 0 Å². The summed E-state index contributed by atoms with van der Waals surface area (Å²) in [5, 5.41) is 2.13. The molecule has 2 heterocycles. The first kappa shape index (κ1) is 17.6. The molecule has 0 fully saturated rings. The fraction of sp³-hybridized carbons (Fsp3) is 0.235. The molecule has 3 rings (SSSR count). The molecule has 0 atom stereocenters. The number of nitrogen functional groups attached to an aromatic ring is 1. The van der Waals surface area contributed by atoms with Crippen molar-refractivity contribution in [3.8, 4) is 11.4 Å². The first-order valence-electron chi connectivity index (χ1n) is 7.58. The lowest BCUT2D eigenvalue weighted by Gasteiger charge is -2.21. The average molecular weight is 359 g/mol. The van der Waals surface area contributed by atoms with Gasteiger partial charge in [-0.1, -0.05) is 0 Å². The predicted molar refractivity (Wildman–Crippen MR) is 91.6 cm³/mol. The van der Waals surface area contributed by atoms with Gasteiger partial charge in [-0.2, -0.15) is 0 Å². The zero-order valence-corrected chi connectivity index (χ0v) is 14.4. The quantitative estimate of drug-likeness (QED) is 0.592. The number of carbonyl (C=O) groups excluding carboxylic acids is 2. The highest BCUT2D eigenvalue weighted by Crippen LogP contribution is 2.31. The maximum Gasteiger partial charge on any atom is 0.262 e. The minimum Gasteiger partial charge on any atom is -0.497 e. The third kappa shape index (κ3) is 2.63. The number of methoxy groups -OCH3 is 3. The average Bonchev–Trinajstić information content (AvgIpc) is 2.90. The van der Waals surface area contributed by atoms with Gasteiger partial charge in [-0.25, -0.2) is 0 Å². The van der Waals surface area contributed by atoms with Gasteiger partial charge in [-0.3, -0.25) is 24.3 Å². The van der Waals surface area contributed by atoms with Crippen LogP contribution in [0.1, 0.15) is 32.6 Å². The highest BCUT2D eigenvalue weighted by Gasteiger charge is 2.32. The molecule has 9 nitrogen and oxygen atoms in total. The summed E-state index contributed by atoms with van der Waals surface area (Å²) in [5.41, 5.74) is 6.24. The van der Waals surface area contributed by atoms with E-state index >= 15 is 0 Å². The largest absolute Gasteiger partial charge is 0.497 e. The van der Waals surface area contributed by atoms with Crippen molar-refractivity contribution in [1.82, 2.24) is 9.88 Å². The van der Waals surface area contributed by atoms with Gasteiger partial charge in [-0.05, 0) is 18.2 Å². The molecule has 2 aromatic rings. The number of pyridine rings is 1. The maximum atomic E-state index is 12.6. The Morgan fingerprint density at radius 3 is 2.35 bits per heavy atom. The van der Waals surface area contributed by atoms with Crippen LogP contribution in [-0.4, -0.2) is 37.7 Å². The lowest BCUT2D eigenvalue weighted by molar-refractivity contribution is -0.106. The summed E-state index contributed by atoms with van der Waals surface area (Å²) >= 11 is 0. The molecule has 0 radical (unpaired) electrons. The molecule has 1 aromatic carbocycles. The second kappa shape index (κ2) is 6.62. The lowest BCUT2D eigenvalue weighted by atomic mass is 10.1. The highest BCUT2D eigenvalue weighted by molar-refractivity contribution is 6.23. The Kier molecular flexibility index (Phi) is 4.49. The third-order valence-electron chi connectivity index (χ3n) is 4.11. The molecule has 0 saturated heterocycles. The van der Waals surface area contributed by atoms with E-state index in [2.05, 4.69) is 5.32 Å². The molecule has 0 unspecified atom stereocenters. The van der Waals surface area contributed by atoms with Crippen molar-refractivity contribution < 1.29 is 23.8 Å². The Balaban J connectivity index is 2.32. The van der Waals surface area contributed by atoms with Gasteiger partial charge in [0.05, 0.1) is 23.9 Å². The molecule has 0 saturated carbocycles. The van der Waals surface area contributed by atoms with Gasteiger partial charge in [-0.15, -0.1) is 0 Å². The smallest absolute Gasteiger partial charge is 0.262 e. The Hall–Kier alpha value is -3.17. The van der Waals surface area contributed by atoms with Crippen LogP contribution in [0.25, 0.3) is 5.69 Å². The summed E-state index contributed by atoms with van der Waals surface area (Å²) in [7, 11) is 4.38. The van der Waals surface area contributed by atoms with Gasteiger partial charge in [0, 0.05) is 25.8 Å². The summed E-state index contributed by atoms with van der Waals surface area (Å²) in [5.74, 6) is -0.930. The Morgan fingerprint density at radius 2 is 1.73 bits per heavy atom. The summed E-state index contributed by atoms with van der Waals surface area (Å²) in [4.78, 5) is 36.5. The number of fused-ring (bicyclic) bond motifs is 1. The van der Waals surface area contributed by atoms with E-state index in [9.17, 15) is 14.4 Å².